The Bertz CT molecular complexity index is 1050. The Kier molecular flexibility index (Phi) is 6.84. The first-order chi connectivity index (χ1) is 14.8. The monoisotopic (exact) mass is 429 g/mol. The summed E-state index contributed by atoms with van der Waals surface area (Å²) in [4.78, 5) is 10.7. The molecule has 3 aromatic carbocycles. The van der Waals surface area contributed by atoms with Crippen LogP contribution >= 0.6 is 0 Å². The average molecular weight is 429 g/mol. The summed E-state index contributed by atoms with van der Waals surface area (Å²) in [5, 5.41) is 12.1. The van der Waals surface area contributed by atoms with Gasteiger partial charge in [-0.3, -0.25) is 0 Å². The quantitative estimate of drug-likeness (QED) is 0.460. The number of alkyl halides is 3. The number of nitrogens with one attached hydrogen (secondary N) is 1. The average Bonchev–Trinajstić information content (AvgIpc) is 2.76. The summed E-state index contributed by atoms with van der Waals surface area (Å²) in [6.45, 7) is 2.11. The first-order valence-electron chi connectivity index (χ1n) is 9.74. The van der Waals surface area contributed by atoms with Crippen LogP contribution in [0.15, 0.2) is 66.7 Å². The number of anilines is 1. The third kappa shape index (κ3) is 6.01. The molecule has 0 radical (unpaired) electrons. The van der Waals surface area contributed by atoms with E-state index in [2.05, 4.69) is 5.32 Å². The largest absolute Gasteiger partial charge is 0.482 e. The molecule has 4 nitrogen and oxygen atoms in total. The van der Waals surface area contributed by atoms with Crippen LogP contribution in [0, 0.1) is 0 Å². The molecule has 0 amide bonds. The Hall–Kier alpha value is -3.48. The molecule has 3 aromatic rings. The van der Waals surface area contributed by atoms with Gasteiger partial charge in [-0.1, -0.05) is 43.3 Å². The van der Waals surface area contributed by atoms with Crippen molar-refractivity contribution >= 4 is 11.7 Å². The van der Waals surface area contributed by atoms with Crippen LogP contribution in [0.3, 0.4) is 0 Å². The fraction of sp³-hybridized carbons (Fsp3) is 0.208. The number of carboxylic acids is 1. The van der Waals surface area contributed by atoms with E-state index in [9.17, 15) is 18.0 Å². The van der Waals surface area contributed by atoms with Gasteiger partial charge in [-0.25, -0.2) is 4.79 Å². The van der Waals surface area contributed by atoms with E-state index >= 15 is 0 Å². The number of halogens is 3. The molecule has 3 rings (SSSR count). The Balaban J connectivity index is 1.69. The minimum atomic E-state index is -4.35. The molecule has 0 saturated heterocycles. The van der Waals surface area contributed by atoms with Gasteiger partial charge in [0.05, 0.1) is 5.56 Å². The number of carbonyl (C=O) groups is 1. The van der Waals surface area contributed by atoms with Crippen molar-refractivity contribution < 1.29 is 27.8 Å². The molecule has 0 aromatic heterocycles. The standard InChI is InChI=1S/C24H22F3NO3/c1-2-17-12-16(6-11-22(17)31-15-23(29)30)14-28-21-5-3-4-19(13-21)18-7-9-20(10-8-18)24(25,26)27/h3-13,28H,2,14-15H2,1H3,(H,29,30). The number of aliphatic carboxylic acids is 1. The van der Waals surface area contributed by atoms with Crippen LogP contribution in [0.1, 0.15) is 23.6 Å². The molecule has 2 N–H and O–H groups in total. The predicted molar refractivity (Wildman–Crippen MR) is 113 cm³/mol. The molecule has 0 aliphatic carbocycles. The molecule has 0 fully saturated rings. The second-order valence-corrected chi connectivity index (χ2v) is 6.99. The van der Waals surface area contributed by atoms with Crippen molar-refractivity contribution in [3.63, 3.8) is 0 Å². The molecular formula is C24H22F3NO3. The lowest BCUT2D eigenvalue weighted by atomic mass is 10.0. The third-order valence-corrected chi connectivity index (χ3v) is 4.76. The zero-order valence-corrected chi connectivity index (χ0v) is 16.9. The van der Waals surface area contributed by atoms with Gasteiger partial charge >= 0.3 is 12.1 Å². The van der Waals surface area contributed by atoms with Gasteiger partial charge in [0.1, 0.15) is 5.75 Å². The lowest BCUT2D eigenvalue weighted by Gasteiger charge is -2.13. The van der Waals surface area contributed by atoms with E-state index in [4.69, 9.17) is 9.84 Å². The first-order valence-corrected chi connectivity index (χ1v) is 9.74. The van der Waals surface area contributed by atoms with Gasteiger partial charge in [0.25, 0.3) is 0 Å². The van der Waals surface area contributed by atoms with E-state index in [1.807, 2.05) is 43.3 Å². The Morgan fingerprint density at radius 2 is 1.74 bits per heavy atom. The lowest BCUT2D eigenvalue weighted by Crippen LogP contribution is -2.10. The zero-order chi connectivity index (χ0) is 22.4. The van der Waals surface area contributed by atoms with Gasteiger partial charge in [0.15, 0.2) is 6.61 Å². The Labute approximate surface area is 178 Å². The number of carboxylic acid groups (broad SMARTS) is 1. The van der Waals surface area contributed by atoms with E-state index in [-0.39, 0.29) is 6.61 Å². The van der Waals surface area contributed by atoms with E-state index in [0.29, 0.717) is 24.3 Å². The van der Waals surface area contributed by atoms with Crippen LogP contribution in [0.5, 0.6) is 5.75 Å². The van der Waals surface area contributed by atoms with Crippen molar-refractivity contribution in [3.8, 4) is 16.9 Å². The van der Waals surface area contributed by atoms with Crippen molar-refractivity contribution in [1.82, 2.24) is 0 Å². The van der Waals surface area contributed by atoms with Gasteiger partial charge in [-0.15, -0.1) is 0 Å². The van der Waals surface area contributed by atoms with Crippen molar-refractivity contribution in [2.75, 3.05) is 11.9 Å². The summed E-state index contributed by atoms with van der Waals surface area (Å²) in [5.74, 6) is -0.473. The Morgan fingerprint density at radius 1 is 1.00 bits per heavy atom. The molecular weight excluding hydrogens is 407 g/mol. The molecule has 0 spiro atoms. The van der Waals surface area contributed by atoms with Gasteiger partial charge in [-0.2, -0.15) is 13.2 Å². The molecule has 0 heterocycles. The summed E-state index contributed by atoms with van der Waals surface area (Å²) in [6, 6.07) is 18.1. The van der Waals surface area contributed by atoms with Crippen LogP contribution < -0.4 is 10.1 Å². The minimum Gasteiger partial charge on any atom is -0.482 e. The smallest absolute Gasteiger partial charge is 0.416 e. The van der Waals surface area contributed by atoms with Crippen LogP contribution in [0.2, 0.25) is 0 Å². The van der Waals surface area contributed by atoms with Crippen LogP contribution in [0.4, 0.5) is 18.9 Å². The highest BCUT2D eigenvalue weighted by molar-refractivity contribution is 5.69. The highest BCUT2D eigenvalue weighted by Crippen LogP contribution is 2.31. The fourth-order valence-corrected chi connectivity index (χ4v) is 3.16. The highest BCUT2D eigenvalue weighted by atomic mass is 19.4. The highest BCUT2D eigenvalue weighted by Gasteiger charge is 2.29. The molecule has 0 saturated carbocycles. The van der Waals surface area contributed by atoms with Crippen molar-refractivity contribution in [1.29, 1.82) is 0 Å². The molecule has 0 atom stereocenters. The van der Waals surface area contributed by atoms with Gasteiger partial charge in [-0.05, 0) is 59.0 Å². The molecule has 0 aliphatic heterocycles. The molecule has 7 heteroatoms. The first kappa shape index (κ1) is 22.2. The molecule has 0 aliphatic rings. The van der Waals surface area contributed by atoms with Crippen LogP contribution in [0.25, 0.3) is 11.1 Å². The summed E-state index contributed by atoms with van der Waals surface area (Å²) in [6.07, 6.45) is -3.65. The van der Waals surface area contributed by atoms with Crippen molar-refractivity contribution in [2.45, 2.75) is 26.1 Å². The molecule has 162 valence electrons. The predicted octanol–water partition coefficient (Wildman–Crippen LogP) is 6.01. The van der Waals surface area contributed by atoms with Gasteiger partial charge < -0.3 is 15.2 Å². The van der Waals surface area contributed by atoms with E-state index in [1.54, 1.807) is 6.07 Å². The SMILES string of the molecule is CCc1cc(CNc2cccc(-c3ccc(C(F)(F)F)cc3)c2)ccc1OCC(=O)O. The summed E-state index contributed by atoms with van der Waals surface area (Å²) in [5.41, 5.74) is 3.59. The number of hydrogen-bond donors (Lipinski definition) is 2. The normalized spacial score (nSPS) is 11.2. The maximum Gasteiger partial charge on any atom is 0.416 e. The van der Waals surface area contributed by atoms with E-state index in [0.717, 1.165) is 34.5 Å². The minimum absolute atomic E-state index is 0.388. The number of aryl methyl sites for hydroxylation is 1. The van der Waals surface area contributed by atoms with E-state index < -0.39 is 17.7 Å². The van der Waals surface area contributed by atoms with Crippen molar-refractivity contribution in [3.05, 3.63) is 83.4 Å². The Morgan fingerprint density at radius 3 is 2.39 bits per heavy atom. The molecule has 31 heavy (non-hydrogen) atoms. The third-order valence-electron chi connectivity index (χ3n) is 4.76. The second-order valence-electron chi connectivity index (χ2n) is 6.99. The number of benzene rings is 3. The maximum absolute atomic E-state index is 12.8. The second kappa shape index (κ2) is 9.55. The summed E-state index contributed by atoms with van der Waals surface area (Å²) < 4.78 is 43.6. The molecule has 0 bridgehead atoms. The van der Waals surface area contributed by atoms with Gasteiger partial charge in [0.2, 0.25) is 0 Å². The zero-order valence-electron chi connectivity index (χ0n) is 16.9. The maximum atomic E-state index is 12.8. The summed E-state index contributed by atoms with van der Waals surface area (Å²) >= 11 is 0. The summed E-state index contributed by atoms with van der Waals surface area (Å²) in [7, 11) is 0. The van der Waals surface area contributed by atoms with Gasteiger partial charge in [0, 0.05) is 12.2 Å². The van der Waals surface area contributed by atoms with Crippen molar-refractivity contribution in [2.24, 2.45) is 0 Å². The number of rotatable bonds is 8. The van der Waals surface area contributed by atoms with Crippen LogP contribution in [-0.2, 0) is 23.9 Å². The number of hydrogen-bond acceptors (Lipinski definition) is 3. The van der Waals surface area contributed by atoms with Crippen LogP contribution in [-0.4, -0.2) is 17.7 Å². The topological polar surface area (TPSA) is 58.6 Å². The lowest BCUT2D eigenvalue weighted by molar-refractivity contribution is -0.139. The van der Waals surface area contributed by atoms with E-state index in [1.165, 1.54) is 12.1 Å². The number of ether oxygens (including phenoxy) is 1. The fourth-order valence-electron chi connectivity index (χ4n) is 3.16. The molecule has 0 unspecified atom stereocenters.